The lowest BCUT2D eigenvalue weighted by Crippen LogP contribution is -2.69. The number of nitrogen functional groups attached to an aromatic ring is 2. The van der Waals surface area contributed by atoms with Crippen molar-refractivity contribution >= 4 is 34.0 Å². The maximum Gasteiger partial charge on any atom is 0.337 e. The molecule has 0 fully saturated rings. The normalized spacial score (nSPS) is 13.4. The van der Waals surface area contributed by atoms with Gasteiger partial charge in [0.15, 0.2) is 11.2 Å². The molecule has 0 bridgehead atoms. The molecular formula is C15H15N7O8. The van der Waals surface area contributed by atoms with Crippen LogP contribution in [0.15, 0.2) is 28.9 Å². The van der Waals surface area contributed by atoms with Crippen LogP contribution in [0.5, 0.6) is 0 Å². The second-order valence-corrected chi connectivity index (χ2v) is 6.40. The van der Waals surface area contributed by atoms with Gasteiger partial charge in [-0.2, -0.15) is 14.8 Å². The predicted octanol–water partition coefficient (Wildman–Crippen LogP) is -3.29. The summed E-state index contributed by atoms with van der Waals surface area (Å²) in [6.07, 6.45) is 0.892. The van der Waals surface area contributed by atoms with Crippen molar-refractivity contribution in [3.05, 3.63) is 24.5 Å². The van der Waals surface area contributed by atoms with E-state index in [1.54, 1.807) is 0 Å². The smallest absolute Gasteiger partial charge is 0.337 e. The number of rotatable bonds is 4. The van der Waals surface area contributed by atoms with Crippen LogP contribution in [0.4, 0.5) is 11.8 Å². The highest BCUT2D eigenvalue weighted by atomic mass is 16.7. The first-order valence-corrected chi connectivity index (χ1v) is 8.07. The van der Waals surface area contributed by atoms with Gasteiger partial charge in [-0.25, -0.2) is 9.97 Å². The Balaban J connectivity index is 2.08. The molecule has 3 aromatic heterocycles. The summed E-state index contributed by atoms with van der Waals surface area (Å²) < 4.78 is 5.25. The monoisotopic (exact) mass is 421 g/mol. The second-order valence-electron chi connectivity index (χ2n) is 6.40. The molecule has 15 heteroatoms. The standard InChI is InChI=1S/C15H15N7O8/c16-10-8-9(5-1-2-7-6(3-5)20-12(17)30-7)21-22(11(8)19-4-18-10)13(23,14(24,25)26)15(27,28)29/h1-4,23-29H,(H2,17,20)(H2,16,18,19). The van der Waals surface area contributed by atoms with E-state index < -0.39 is 23.3 Å². The molecule has 4 rings (SSSR count). The molecule has 0 radical (unpaired) electrons. The zero-order chi connectivity index (χ0) is 22.1. The number of nitrogens with zero attached hydrogens (tertiary/aromatic N) is 5. The molecule has 158 valence electrons. The van der Waals surface area contributed by atoms with Crippen molar-refractivity contribution in [2.45, 2.75) is 17.7 Å². The number of oxazole rings is 1. The molecule has 4 aromatic rings. The van der Waals surface area contributed by atoms with Gasteiger partial charge in [-0.05, 0) is 18.2 Å². The van der Waals surface area contributed by atoms with E-state index in [-0.39, 0.29) is 33.2 Å². The number of aliphatic hydroxyl groups is 7. The Morgan fingerprint density at radius 1 is 0.933 bits per heavy atom. The van der Waals surface area contributed by atoms with Crippen LogP contribution in [-0.4, -0.2) is 72.4 Å². The Bertz CT molecular complexity index is 1260. The number of benzene rings is 1. The van der Waals surface area contributed by atoms with Crippen molar-refractivity contribution in [2.75, 3.05) is 11.5 Å². The van der Waals surface area contributed by atoms with Gasteiger partial charge in [0.2, 0.25) is 0 Å². The first-order valence-electron chi connectivity index (χ1n) is 8.07. The third-order valence-corrected chi connectivity index (χ3v) is 4.41. The summed E-state index contributed by atoms with van der Waals surface area (Å²) in [7, 11) is 0. The molecule has 0 amide bonds. The maximum absolute atomic E-state index is 10.5. The van der Waals surface area contributed by atoms with Gasteiger partial charge in [0.05, 0.1) is 5.39 Å². The fraction of sp³-hybridized carbons (Fsp3) is 0.200. The van der Waals surface area contributed by atoms with E-state index in [1.165, 1.54) is 18.2 Å². The molecular weight excluding hydrogens is 406 g/mol. The van der Waals surface area contributed by atoms with Gasteiger partial charge < -0.3 is 51.6 Å². The Morgan fingerprint density at radius 3 is 2.23 bits per heavy atom. The van der Waals surface area contributed by atoms with Crippen LogP contribution in [0, 0.1) is 0 Å². The molecule has 0 aliphatic carbocycles. The Kier molecular flexibility index (Phi) is 3.99. The summed E-state index contributed by atoms with van der Waals surface area (Å²) in [5.41, 5.74) is 7.62. The third-order valence-electron chi connectivity index (χ3n) is 4.41. The van der Waals surface area contributed by atoms with Crippen LogP contribution in [0.1, 0.15) is 0 Å². The quantitative estimate of drug-likeness (QED) is 0.146. The highest BCUT2D eigenvalue weighted by Crippen LogP contribution is 2.39. The predicted molar refractivity (Wildman–Crippen MR) is 96.1 cm³/mol. The Labute approximate surface area is 164 Å². The van der Waals surface area contributed by atoms with Gasteiger partial charge in [0.1, 0.15) is 23.4 Å². The van der Waals surface area contributed by atoms with Crippen molar-refractivity contribution < 1.29 is 40.2 Å². The summed E-state index contributed by atoms with van der Waals surface area (Å²) in [6, 6.07) is 4.29. The average molecular weight is 421 g/mol. The summed E-state index contributed by atoms with van der Waals surface area (Å²) in [6.45, 7) is 0. The topological polar surface area (TPSA) is 263 Å². The molecule has 15 nitrogen and oxygen atoms in total. The fourth-order valence-electron chi connectivity index (χ4n) is 3.00. The van der Waals surface area contributed by atoms with E-state index in [0.717, 1.165) is 6.33 Å². The lowest BCUT2D eigenvalue weighted by atomic mass is 10.1. The summed E-state index contributed by atoms with van der Waals surface area (Å²) >= 11 is 0. The van der Waals surface area contributed by atoms with Gasteiger partial charge in [0.25, 0.3) is 6.01 Å². The summed E-state index contributed by atoms with van der Waals surface area (Å²) in [5.74, 6) is -8.83. The molecule has 1 aromatic carbocycles. The lowest BCUT2D eigenvalue weighted by molar-refractivity contribution is -0.524. The molecule has 0 aliphatic rings. The van der Waals surface area contributed by atoms with Crippen LogP contribution in [0.2, 0.25) is 0 Å². The summed E-state index contributed by atoms with van der Waals surface area (Å²) in [4.78, 5) is 11.5. The molecule has 3 heterocycles. The Morgan fingerprint density at radius 2 is 1.60 bits per heavy atom. The first kappa shape index (κ1) is 19.9. The molecule has 0 aliphatic heterocycles. The van der Waals surface area contributed by atoms with Crippen molar-refractivity contribution in [3.63, 3.8) is 0 Å². The highest BCUT2D eigenvalue weighted by molar-refractivity contribution is 5.99. The highest BCUT2D eigenvalue weighted by Gasteiger charge is 2.66. The zero-order valence-electron chi connectivity index (χ0n) is 14.7. The number of hydrogen-bond acceptors (Lipinski definition) is 14. The van der Waals surface area contributed by atoms with Crippen molar-refractivity contribution in [1.29, 1.82) is 0 Å². The van der Waals surface area contributed by atoms with Crippen LogP contribution in [0.3, 0.4) is 0 Å². The molecule has 11 N–H and O–H groups in total. The van der Waals surface area contributed by atoms with Gasteiger partial charge >= 0.3 is 17.7 Å². The number of aromatic nitrogens is 5. The van der Waals surface area contributed by atoms with Crippen LogP contribution < -0.4 is 11.5 Å². The van der Waals surface area contributed by atoms with Gasteiger partial charge in [-0.1, -0.05) is 0 Å². The number of nitrogens with two attached hydrogens (primary N) is 2. The molecule has 0 atom stereocenters. The van der Waals surface area contributed by atoms with E-state index in [4.69, 9.17) is 15.9 Å². The second kappa shape index (κ2) is 6.03. The van der Waals surface area contributed by atoms with Crippen molar-refractivity contribution in [2.24, 2.45) is 0 Å². The van der Waals surface area contributed by atoms with E-state index in [2.05, 4.69) is 20.1 Å². The van der Waals surface area contributed by atoms with E-state index in [0.29, 0.717) is 11.1 Å². The number of anilines is 2. The Hall–Kier alpha value is -3.44. The van der Waals surface area contributed by atoms with E-state index in [1.807, 2.05) is 0 Å². The fourth-order valence-corrected chi connectivity index (χ4v) is 3.00. The molecule has 0 unspecified atom stereocenters. The first-order chi connectivity index (χ1) is 13.8. The number of hydrogen-bond donors (Lipinski definition) is 9. The average Bonchev–Trinajstić information content (AvgIpc) is 3.19. The molecule has 0 spiro atoms. The summed E-state index contributed by atoms with van der Waals surface area (Å²) in [5, 5.41) is 71.8. The van der Waals surface area contributed by atoms with E-state index >= 15 is 0 Å². The van der Waals surface area contributed by atoms with Crippen LogP contribution in [0.25, 0.3) is 33.4 Å². The minimum Gasteiger partial charge on any atom is -0.424 e. The van der Waals surface area contributed by atoms with Crippen LogP contribution >= 0.6 is 0 Å². The number of fused-ring (bicyclic) bond motifs is 2. The maximum atomic E-state index is 10.5. The molecule has 30 heavy (non-hydrogen) atoms. The van der Waals surface area contributed by atoms with Crippen molar-refractivity contribution in [1.82, 2.24) is 24.7 Å². The minimum absolute atomic E-state index is 0.0804. The third kappa shape index (κ3) is 2.66. The zero-order valence-corrected chi connectivity index (χ0v) is 14.7. The van der Waals surface area contributed by atoms with E-state index in [9.17, 15) is 35.7 Å². The molecule has 0 saturated heterocycles. The van der Waals surface area contributed by atoms with Crippen LogP contribution in [-0.2, 0) is 5.72 Å². The SMILES string of the molecule is Nc1nc2cc(-c3nn(C(O)(C(O)(O)O)C(O)(O)O)c4ncnc(N)c34)ccc2o1. The minimum atomic E-state index is -4.31. The van der Waals surface area contributed by atoms with Gasteiger partial charge in [-0.15, -0.1) is 0 Å². The van der Waals surface area contributed by atoms with Crippen molar-refractivity contribution in [3.8, 4) is 11.3 Å². The van der Waals surface area contributed by atoms with Gasteiger partial charge in [0, 0.05) is 5.56 Å². The largest absolute Gasteiger partial charge is 0.424 e. The molecule has 0 saturated carbocycles. The lowest BCUT2D eigenvalue weighted by Gasteiger charge is -2.39. The van der Waals surface area contributed by atoms with Gasteiger partial charge in [-0.3, -0.25) is 0 Å².